The van der Waals surface area contributed by atoms with Crippen molar-refractivity contribution in [3.05, 3.63) is 48.0 Å². The molecule has 2 unspecified atom stereocenters. The molecule has 174 valence electrons. The Morgan fingerprint density at radius 3 is 2.53 bits per heavy atom. The summed E-state index contributed by atoms with van der Waals surface area (Å²) in [6.07, 6.45) is 4.78. The Morgan fingerprint density at radius 1 is 1.06 bits per heavy atom. The van der Waals surface area contributed by atoms with Crippen LogP contribution in [0.5, 0.6) is 0 Å². The maximum absolute atomic E-state index is 12.9. The van der Waals surface area contributed by atoms with Crippen molar-refractivity contribution in [1.29, 1.82) is 0 Å². The van der Waals surface area contributed by atoms with Gasteiger partial charge in [-0.15, -0.1) is 12.4 Å². The van der Waals surface area contributed by atoms with Crippen LogP contribution in [0.1, 0.15) is 56.8 Å². The number of amides is 1. The molecular formula is C26H36ClN3OS. The summed E-state index contributed by atoms with van der Waals surface area (Å²) >= 11 is 1.80. The average molecular weight is 474 g/mol. The van der Waals surface area contributed by atoms with E-state index in [0.717, 1.165) is 37.2 Å². The van der Waals surface area contributed by atoms with Crippen molar-refractivity contribution in [1.82, 2.24) is 10.2 Å². The van der Waals surface area contributed by atoms with Crippen molar-refractivity contribution in [2.75, 3.05) is 31.1 Å². The molecule has 0 spiro atoms. The van der Waals surface area contributed by atoms with Crippen molar-refractivity contribution < 1.29 is 4.79 Å². The Labute approximate surface area is 203 Å². The molecule has 0 aromatic heterocycles. The van der Waals surface area contributed by atoms with Crippen LogP contribution < -0.4 is 10.2 Å². The number of halogens is 1. The van der Waals surface area contributed by atoms with Crippen molar-refractivity contribution in [2.45, 2.75) is 62.3 Å². The first-order chi connectivity index (χ1) is 15.1. The Morgan fingerprint density at radius 2 is 1.78 bits per heavy atom. The minimum atomic E-state index is 0. The highest BCUT2D eigenvalue weighted by atomic mass is 35.5. The maximum atomic E-state index is 12.9. The maximum Gasteiger partial charge on any atom is 0.251 e. The van der Waals surface area contributed by atoms with E-state index in [1.165, 1.54) is 41.4 Å². The largest absolute Gasteiger partial charge is 0.352 e. The van der Waals surface area contributed by atoms with E-state index in [-0.39, 0.29) is 18.3 Å². The number of fused-ring (bicyclic) bond motifs is 2. The zero-order valence-electron chi connectivity index (χ0n) is 19.5. The second-order valence-electron chi connectivity index (χ2n) is 9.04. The summed E-state index contributed by atoms with van der Waals surface area (Å²) in [5.74, 6) is 0.667. The number of nitrogens with one attached hydrogen (secondary N) is 1. The van der Waals surface area contributed by atoms with Gasteiger partial charge in [0.1, 0.15) is 0 Å². The molecule has 0 aliphatic carbocycles. The Bertz CT molecular complexity index is 916. The van der Waals surface area contributed by atoms with E-state index in [9.17, 15) is 4.79 Å². The third-order valence-corrected chi connectivity index (χ3v) is 7.74. The van der Waals surface area contributed by atoms with Crippen LogP contribution in [0.3, 0.4) is 0 Å². The lowest BCUT2D eigenvalue weighted by Gasteiger charge is -2.39. The molecule has 1 amide bonds. The molecule has 1 N–H and O–H groups in total. The molecule has 1 fully saturated rings. The first-order valence-corrected chi connectivity index (χ1v) is 12.6. The summed E-state index contributed by atoms with van der Waals surface area (Å²) in [4.78, 5) is 20.4. The minimum Gasteiger partial charge on any atom is -0.352 e. The predicted octanol–water partition coefficient (Wildman–Crippen LogP) is 6.36. The molecule has 1 saturated heterocycles. The molecule has 2 aliphatic rings. The zero-order chi connectivity index (χ0) is 21.8. The van der Waals surface area contributed by atoms with Crippen molar-refractivity contribution in [2.24, 2.45) is 5.92 Å². The lowest BCUT2D eigenvalue weighted by molar-refractivity contribution is 0.0951. The summed E-state index contributed by atoms with van der Waals surface area (Å²) in [6.45, 7) is 10.9. The third-order valence-electron chi connectivity index (χ3n) is 6.61. The number of nitrogens with zero attached hydrogens (tertiary/aromatic N) is 2. The first kappa shape index (κ1) is 24.9. The van der Waals surface area contributed by atoms with E-state index >= 15 is 0 Å². The normalized spacial score (nSPS) is 17.2. The van der Waals surface area contributed by atoms with Gasteiger partial charge >= 0.3 is 0 Å². The van der Waals surface area contributed by atoms with Gasteiger partial charge in [0.05, 0.1) is 11.4 Å². The van der Waals surface area contributed by atoms with E-state index in [2.05, 4.69) is 72.3 Å². The van der Waals surface area contributed by atoms with Gasteiger partial charge in [0, 0.05) is 34.5 Å². The number of carbonyl (C=O) groups excluding carboxylic acids is 1. The van der Waals surface area contributed by atoms with Crippen LogP contribution in [0.4, 0.5) is 11.4 Å². The molecule has 0 bridgehead atoms. The Balaban J connectivity index is 0.00000289. The van der Waals surface area contributed by atoms with Gasteiger partial charge in [0.25, 0.3) is 5.91 Å². The zero-order valence-corrected chi connectivity index (χ0v) is 21.1. The number of rotatable bonds is 8. The number of benzene rings is 2. The highest BCUT2D eigenvalue weighted by Crippen LogP contribution is 2.49. The fourth-order valence-electron chi connectivity index (χ4n) is 4.56. The van der Waals surface area contributed by atoms with Gasteiger partial charge in [0.2, 0.25) is 0 Å². The quantitative estimate of drug-likeness (QED) is 0.483. The van der Waals surface area contributed by atoms with Crippen LogP contribution in [0.25, 0.3) is 0 Å². The molecule has 4 rings (SSSR count). The highest BCUT2D eigenvalue weighted by molar-refractivity contribution is 7.99. The summed E-state index contributed by atoms with van der Waals surface area (Å²) in [5, 5.41) is 3.12. The molecule has 2 heterocycles. The van der Waals surface area contributed by atoms with E-state index in [1.807, 2.05) is 6.07 Å². The molecule has 2 aromatic carbocycles. The van der Waals surface area contributed by atoms with Crippen molar-refractivity contribution in [3.63, 3.8) is 0 Å². The van der Waals surface area contributed by atoms with Gasteiger partial charge in [-0.3, -0.25) is 4.79 Å². The number of hydrogen-bond donors (Lipinski definition) is 1. The summed E-state index contributed by atoms with van der Waals surface area (Å²) in [5.41, 5.74) is 3.16. The second kappa shape index (κ2) is 11.4. The van der Waals surface area contributed by atoms with Crippen LogP contribution in [0.2, 0.25) is 0 Å². The first-order valence-electron chi connectivity index (χ1n) is 11.8. The summed E-state index contributed by atoms with van der Waals surface area (Å²) in [7, 11) is 0. The van der Waals surface area contributed by atoms with E-state index in [4.69, 9.17) is 0 Å². The van der Waals surface area contributed by atoms with Gasteiger partial charge in [-0.1, -0.05) is 44.2 Å². The van der Waals surface area contributed by atoms with Gasteiger partial charge in [-0.2, -0.15) is 0 Å². The average Bonchev–Trinajstić information content (AvgIpc) is 3.29. The second-order valence-corrected chi connectivity index (χ2v) is 10.1. The smallest absolute Gasteiger partial charge is 0.251 e. The van der Waals surface area contributed by atoms with E-state index in [1.54, 1.807) is 11.8 Å². The Hall–Kier alpha value is -1.69. The van der Waals surface area contributed by atoms with Crippen LogP contribution in [0, 0.1) is 5.92 Å². The Kier molecular flexibility index (Phi) is 8.92. The van der Waals surface area contributed by atoms with Gasteiger partial charge in [-0.25, -0.2) is 0 Å². The SMILES string of the molecule is CCC(C)CCNC(=O)c1ccc2c(c1)N(C(C)CN1CCCC1)c1ccccc1S2.Cl. The van der Waals surface area contributed by atoms with Crippen LogP contribution in [-0.4, -0.2) is 43.0 Å². The minimum absolute atomic E-state index is 0. The van der Waals surface area contributed by atoms with Crippen molar-refractivity contribution in [3.8, 4) is 0 Å². The molecule has 0 radical (unpaired) electrons. The van der Waals surface area contributed by atoms with E-state index < -0.39 is 0 Å². The fourth-order valence-corrected chi connectivity index (χ4v) is 5.61. The standard InChI is InChI=1S/C26H35N3OS.ClH/c1-4-19(2)13-14-27-26(30)21-11-12-25-23(17-21)29(20(3)18-28-15-7-8-16-28)22-9-5-6-10-24(22)31-25;/h5-6,9-12,17,19-20H,4,7-8,13-16,18H2,1-3H3,(H,27,30);1H. The molecule has 6 heteroatoms. The molecule has 32 heavy (non-hydrogen) atoms. The van der Waals surface area contributed by atoms with E-state index in [0.29, 0.717) is 12.0 Å². The summed E-state index contributed by atoms with van der Waals surface area (Å²) < 4.78 is 0. The van der Waals surface area contributed by atoms with Crippen LogP contribution in [-0.2, 0) is 0 Å². The fraction of sp³-hybridized carbons (Fsp3) is 0.500. The van der Waals surface area contributed by atoms with Gasteiger partial charge in [-0.05, 0) is 75.5 Å². The van der Waals surface area contributed by atoms with Crippen molar-refractivity contribution >= 4 is 41.5 Å². The lowest BCUT2D eigenvalue weighted by Crippen LogP contribution is -2.40. The number of para-hydroxylation sites is 1. The van der Waals surface area contributed by atoms with Gasteiger partial charge in [0.15, 0.2) is 0 Å². The molecule has 0 saturated carbocycles. The number of hydrogen-bond acceptors (Lipinski definition) is 4. The third kappa shape index (κ3) is 5.62. The monoisotopic (exact) mass is 473 g/mol. The molecular weight excluding hydrogens is 438 g/mol. The molecule has 2 aliphatic heterocycles. The number of carbonyl (C=O) groups is 1. The molecule has 2 atom stereocenters. The lowest BCUT2D eigenvalue weighted by atomic mass is 10.1. The topological polar surface area (TPSA) is 35.6 Å². The number of likely N-dealkylation sites (tertiary alicyclic amines) is 1. The predicted molar refractivity (Wildman–Crippen MR) is 138 cm³/mol. The highest BCUT2D eigenvalue weighted by Gasteiger charge is 2.29. The molecule has 4 nitrogen and oxygen atoms in total. The summed E-state index contributed by atoms with van der Waals surface area (Å²) in [6, 6.07) is 15.2. The van der Waals surface area contributed by atoms with Crippen LogP contribution >= 0.6 is 24.2 Å². The van der Waals surface area contributed by atoms with Gasteiger partial charge < -0.3 is 15.1 Å². The number of anilines is 2. The van der Waals surface area contributed by atoms with Crippen LogP contribution in [0.15, 0.2) is 52.3 Å². The molecule has 2 aromatic rings.